The molecule has 1 amide bonds. The molecule has 1 aliphatic rings. The van der Waals surface area contributed by atoms with Crippen LogP contribution in [0.3, 0.4) is 0 Å². The van der Waals surface area contributed by atoms with Gasteiger partial charge in [-0.05, 0) is 58.8 Å². The fourth-order valence-electron chi connectivity index (χ4n) is 2.53. The van der Waals surface area contributed by atoms with Gasteiger partial charge in [0.2, 0.25) is 0 Å². The number of carbonyl (C=O) groups excluding carboxylic acids is 1. The monoisotopic (exact) mass is 296 g/mol. The second kappa shape index (κ2) is 7.30. The van der Waals surface area contributed by atoms with Crippen LogP contribution in [0.1, 0.15) is 52.9 Å². The Morgan fingerprint density at radius 1 is 1.33 bits per heavy atom. The van der Waals surface area contributed by atoms with Crippen molar-refractivity contribution in [1.82, 2.24) is 5.32 Å². The van der Waals surface area contributed by atoms with Crippen molar-refractivity contribution in [3.63, 3.8) is 0 Å². The number of hydrogen-bond donors (Lipinski definition) is 2. The molecule has 0 aromatic carbocycles. The smallest absolute Gasteiger partial charge is 0.408 e. The number of carbonyl (C=O) groups is 2. The number of carboxylic acid groups (broad SMARTS) is 1. The van der Waals surface area contributed by atoms with Gasteiger partial charge in [-0.2, -0.15) is 5.26 Å². The van der Waals surface area contributed by atoms with Crippen LogP contribution in [0.4, 0.5) is 4.79 Å². The molecule has 1 unspecified atom stereocenters. The molecule has 1 atom stereocenters. The standard InChI is InChI=1S/C15H24N2O4/c1-15(2,3)21-14(20)17-12(13(18)19)8-10-4-6-11(9-16)7-5-10/h10-12H,4-8H2,1-3H3,(H,17,20)(H,18,19). The quantitative estimate of drug-likeness (QED) is 0.830. The minimum absolute atomic E-state index is 0.0864. The Labute approximate surface area is 125 Å². The van der Waals surface area contributed by atoms with Gasteiger partial charge in [-0.25, -0.2) is 9.59 Å². The van der Waals surface area contributed by atoms with Gasteiger partial charge < -0.3 is 15.2 Å². The van der Waals surface area contributed by atoms with Crippen molar-refractivity contribution in [1.29, 1.82) is 5.26 Å². The Hall–Kier alpha value is -1.77. The summed E-state index contributed by atoms with van der Waals surface area (Å²) in [6, 6.07) is 1.31. The molecule has 0 radical (unpaired) electrons. The molecule has 6 heteroatoms. The molecule has 1 saturated carbocycles. The highest BCUT2D eigenvalue weighted by Crippen LogP contribution is 2.31. The highest BCUT2D eigenvalue weighted by Gasteiger charge is 2.29. The van der Waals surface area contributed by atoms with E-state index in [4.69, 9.17) is 10.00 Å². The summed E-state index contributed by atoms with van der Waals surface area (Å²) in [7, 11) is 0. The average Bonchev–Trinajstić information content (AvgIpc) is 2.36. The molecule has 1 fully saturated rings. The summed E-state index contributed by atoms with van der Waals surface area (Å²) < 4.78 is 5.09. The highest BCUT2D eigenvalue weighted by atomic mass is 16.6. The molecule has 21 heavy (non-hydrogen) atoms. The number of amides is 1. The third-order valence-corrected chi connectivity index (χ3v) is 3.59. The molecule has 2 N–H and O–H groups in total. The van der Waals surface area contributed by atoms with E-state index in [1.807, 2.05) is 0 Å². The van der Waals surface area contributed by atoms with Gasteiger partial charge in [-0.1, -0.05) is 0 Å². The summed E-state index contributed by atoms with van der Waals surface area (Å²) in [6.45, 7) is 5.18. The first kappa shape index (κ1) is 17.3. The van der Waals surface area contributed by atoms with Crippen LogP contribution in [0, 0.1) is 23.2 Å². The summed E-state index contributed by atoms with van der Waals surface area (Å²) in [6.07, 6.45) is 2.95. The average molecular weight is 296 g/mol. The largest absolute Gasteiger partial charge is 0.480 e. The van der Waals surface area contributed by atoms with Crippen molar-refractivity contribution in [3.8, 4) is 6.07 Å². The van der Waals surface area contributed by atoms with Gasteiger partial charge in [-0.3, -0.25) is 0 Å². The van der Waals surface area contributed by atoms with Gasteiger partial charge in [0.25, 0.3) is 0 Å². The molecule has 0 aromatic heterocycles. The SMILES string of the molecule is CC(C)(C)OC(=O)NC(CC1CCC(C#N)CC1)C(=O)O. The van der Waals surface area contributed by atoms with E-state index in [0.717, 1.165) is 25.7 Å². The maximum atomic E-state index is 11.7. The lowest BCUT2D eigenvalue weighted by molar-refractivity contribution is -0.140. The van der Waals surface area contributed by atoms with Crippen LogP contribution in [0.25, 0.3) is 0 Å². The molecule has 0 aliphatic heterocycles. The zero-order valence-electron chi connectivity index (χ0n) is 12.9. The van der Waals surface area contributed by atoms with Gasteiger partial charge >= 0.3 is 12.1 Å². The number of hydrogen-bond acceptors (Lipinski definition) is 4. The second-order valence-electron chi connectivity index (χ2n) is 6.62. The van der Waals surface area contributed by atoms with Crippen LogP contribution < -0.4 is 5.32 Å². The molecule has 0 spiro atoms. The molecule has 118 valence electrons. The first-order chi connectivity index (χ1) is 9.71. The van der Waals surface area contributed by atoms with E-state index in [0.29, 0.717) is 6.42 Å². The lowest BCUT2D eigenvalue weighted by Gasteiger charge is -2.28. The van der Waals surface area contributed by atoms with Crippen molar-refractivity contribution >= 4 is 12.1 Å². The normalized spacial score (nSPS) is 23.7. The number of aliphatic carboxylic acids is 1. The van der Waals surface area contributed by atoms with E-state index >= 15 is 0 Å². The van der Waals surface area contributed by atoms with Crippen LogP contribution >= 0.6 is 0 Å². The number of nitriles is 1. The molecule has 0 bridgehead atoms. The predicted molar refractivity (Wildman–Crippen MR) is 76.5 cm³/mol. The third-order valence-electron chi connectivity index (χ3n) is 3.59. The Morgan fingerprint density at radius 3 is 2.33 bits per heavy atom. The highest BCUT2D eigenvalue weighted by molar-refractivity contribution is 5.80. The third kappa shape index (κ3) is 6.48. The van der Waals surface area contributed by atoms with Crippen molar-refractivity contribution < 1.29 is 19.4 Å². The Kier molecular flexibility index (Phi) is 6.01. The Bertz CT molecular complexity index is 414. The van der Waals surface area contributed by atoms with Crippen LogP contribution in [0.15, 0.2) is 0 Å². The topological polar surface area (TPSA) is 99.4 Å². The number of alkyl carbamates (subject to hydrolysis) is 1. The van der Waals surface area contributed by atoms with E-state index in [2.05, 4.69) is 11.4 Å². The minimum atomic E-state index is -1.05. The molecule has 1 rings (SSSR count). The second-order valence-corrected chi connectivity index (χ2v) is 6.62. The number of carboxylic acids is 1. The Balaban J connectivity index is 2.50. The van der Waals surface area contributed by atoms with E-state index in [-0.39, 0.29) is 11.8 Å². The summed E-state index contributed by atoms with van der Waals surface area (Å²) in [5.74, 6) is -0.739. The molecule has 0 aromatic rings. The Morgan fingerprint density at radius 2 is 1.90 bits per heavy atom. The number of nitrogens with one attached hydrogen (secondary N) is 1. The molecular formula is C15H24N2O4. The summed E-state index contributed by atoms with van der Waals surface area (Å²) in [5.41, 5.74) is -0.655. The van der Waals surface area contributed by atoms with E-state index in [1.165, 1.54) is 0 Å². The fraction of sp³-hybridized carbons (Fsp3) is 0.800. The molecular weight excluding hydrogens is 272 g/mol. The molecule has 0 saturated heterocycles. The zero-order chi connectivity index (χ0) is 16.0. The maximum Gasteiger partial charge on any atom is 0.408 e. The van der Waals surface area contributed by atoms with E-state index in [1.54, 1.807) is 20.8 Å². The van der Waals surface area contributed by atoms with Gasteiger partial charge in [0.15, 0.2) is 0 Å². The molecule has 1 aliphatic carbocycles. The number of ether oxygens (including phenoxy) is 1. The van der Waals surface area contributed by atoms with Crippen molar-refractivity contribution in [2.45, 2.75) is 64.5 Å². The van der Waals surface area contributed by atoms with Crippen molar-refractivity contribution in [2.24, 2.45) is 11.8 Å². The van der Waals surface area contributed by atoms with Crippen LogP contribution in [-0.4, -0.2) is 28.8 Å². The lowest BCUT2D eigenvalue weighted by Crippen LogP contribution is -2.44. The number of rotatable bonds is 4. The van der Waals surface area contributed by atoms with E-state index in [9.17, 15) is 14.7 Å². The fourth-order valence-corrected chi connectivity index (χ4v) is 2.53. The van der Waals surface area contributed by atoms with Gasteiger partial charge in [-0.15, -0.1) is 0 Å². The predicted octanol–water partition coefficient (Wildman–Crippen LogP) is 2.68. The van der Waals surface area contributed by atoms with Crippen LogP contribution in [0.2, 0.25) is 0 Å². The zero-order valence-corrected chi connectivity index (χ0v) is 12.9. The van der Waals surface area contributed by atoms with Gasteiger partial charge in [0.05, 0.1) is 6.07 Å². The van der Waals surface area contributed by atoms with Crippen molar-refractivity contribution in [3.05, 3.63) is 0 Å². The number of nitrogens with zero attached hydrogens (tertiary/aromatic N) is 1. The van der Waals surface area contributed by atoms with Gasteiger partial charge in [0.1, 0.15) is 11.6 Å². The van der Waals surface area contributed by atoms with Crippen LogP contribution in [-0.2, 0) is 9.53 Å². The summed E-state index contributed by atoms with van der Waals surface area (Å²) >= 11 is 0. The maximum absolute atomic E-state index is 11.7. The molecule has 0 heterocycles. The molecule has 6 nitrogen and oxygen atoms in total. The van der Waals surface area contributed by atoms with Crippen molar-refractivity contribution in [2.75, 3.05) is 0 Å². The lowest BCUT2D eigenvalue weighted by atomic mass is 9.80. The summed E-state index contributed by atoms with van der Waals surface area (Å²) in [4.78, 5) is 22.9. The van der Waals surface area contributed by atoms with Gasteiger partial charge in [0, 0.05) is 5.92 Å². The first-order valence-electron chi connectivity index (χ1n) is 7.33. The first-order valence-corrected chi connectivity index (χ1v) is 7.33. The summed E-state index contributed by atoms with van der Waals surface area (Å²) in [5, 5.41) is 20.5. The minimum Gasteiger partial charge on any atom is -0.480 e. The van der Waals surface area contributed by atoms with E-state index < -0.39 is 23.7 Å². The van der Waals surface area contributed by atoms with Crippen LogP contribution in [0.5, 0.6) is 0 Å².